The first-order chi connectivity index (χ1) is 16.0. The second-order valence-corrected chi connectivity index (χ2v) is 10.7. The number of carbonyl (C=O) groups is 2. The smallest absolute Gasteiger partial charge is 0.169 e. The summed E-state index contributed by atoms with van der Waals surface area (Å²) in [5.74, 6) is -0.979. The molecule has 5 fully saturated rings. The Balaban J connectivity index is 0.000000162. The number of Topliss-reactive ketones (excluding diaryl/α,β-unsaturated/α-hetero) is 2. The van der Waals surface area contributed by atoms with Gasteiger partial charge in [0.2, 0.25) is 0 Å². The minimum absolute atomic E-state index is 0.00944. The van der Waals surface area contributed by atoms with E-state index in [-0.39, 0.29) is 73.5 Å². The lowest BCUT2D eigenvalue weighted by Gasteiger charge is -2.25. The van der Waals surface area contributed by atoms with Gasteiger partial charge in [0.15, 0.2) is 23.1 Å². The summed E-state index contributed by atoms with van der Waals surface area (Å²) in [6.07, 6.45) is 4.91. The van der Waals surface area contributed by atoms with Crippen LogP contribution < -0.4 is 11.5 Å². The summed E-state index contributed by atoms with van der Waals surface area (Å²) in [6.45, 7) is 7.00. The molecule has 0 bridgehead atoms. The van der Waals surface area contributed by atoms with Gasteiger partial charge >= 0.3 is 0 Å². The fourth-order valence-electron chi connectivity index (χ4n) is 5.71. The van der Waals surface area contributed by atoms with Gasteiger partial charge in [0.25, 0.3) is 0 Å². The first kappa shape index (κ1) is 26.1. The van der Waals surface area contributed by atoms with Crippen molar-refractivity contribution >= 4 is 11.6 Å². The highest BCUT2D eigenvalue weighted by molar-refractivity contribution is 5.77. The first-order valence-electron chi connectivity index (χ1n) is 12.4. The van der Waals surface area contributed by atoms with Crippen molar-refractivity contribution in [2.24, 2.45) is 11.5 Å². The van der Waals surface area contributed by atoms with Gasteiger partial charge in [-0.2, -0.15) is 0 Å². The van der Waals surface area contributed by atoms with Gasteiger partial charge in [-0.3, -0.25) is 9.59 Å². The number of ketones is 2. The molecule has 2 saturated heterocycles. The average molecular weight is 485 g/mol. The number of nitrogens with two attached hydrogens (primary N) is 2. The lowest BCUT2D eigenvalue weighted by Crippen LogP contribution is -2.35. The number of ether oxygens (including phenoxy) is 6. The van der Waals surface area contributed by atoms with Crippen LogP contribution in [0.15, 0.2) is 0 Å². The Hall–Kier alpha value is -0.980. The summed E-state index contributed by atoms with van der Waals surface area (Å²) in [6, 6.07) is -0.129. The van der Waals surface area contributed by atoms with E-state index in [0.29, 0.717) is 12.8 Å². The van der Waals surface area contributed by atoms with E-state index >= 15 is 0 Å². The second kappa shape index (κ2) is 10.2. The summed E-state index contributed by atoms with van der Waals surface area (Å²) < 4.78 is 34.8. The predicted octanol–water partition coefficient (Wildman–Crippen LogP) is 0.958. The van der Waals surface area contributed by atoms with Crippen LogP contribution in [0.25, 0.3) is 0 Å². The summed E-state index contributed by atoms with van der Waals surface area (Å²) in [5.41, 5.74) is 12.1. The van der Waals surface area contributed by atoms with Gasteiger partial charge in [0, 0.05) is 24.9 Å². The van der Waals surface area contributed by atoms with Gasteiger partial charge < -0.3 is 39.9 Å². The van der Waals surface area contributed by atoms with E-state index in [0.717, 1.165) is 25.7 Å². The molecule has 0 amide bonds. The fraction of sp³-hybridized carbons (Fsp3) is 0.917. The SMILES string of the molecule is CC(=O)CO[C@H]1C[C@@H](N)[C@@H]2OC(C)(C)O[C@@H]21.CC(=O)CO[C@H]1C[C@@H](N)[C@@H]2OC3(CCCC3)O[C@@H]21. The lowest BCUT2D eigenvalue weighted by atomic mass is 10.2. The Bertz CT molecular complexity index is 755. The quantitative estimate of drug-likeness (QED) is 0.560. The van der Waals surface area contributed by atoms with Crippen molar-refractivity contribution in [1.29, 1.82) is 0 Å². The van der Waals surface area contributed by atoms with Crippen LogP contribution >= 0.6 is 0 Å². The largest absolute Gasteiger partial charge is 0.368 e. The van der Waals surface area contributed by atoms with Crippen molar-refractivity contribution in [2.75, 3.05) is 13.2 Å². The topological polar surface area (TPSA) is 142 Å². The Morgan fingerprint density at radius 2 is 1.18 bits per heavy atom. The van der Waals surface area contributed by atoms with Crippen molar-refractivity contribution in [3.63, 3.8) is 0 Å². The molecule has 1 spiro atoms. The molecule has 0 aromatic heterocycles. The van der Waals surface area contributed by atoms with Crippen molar-refractivity contribution in [3.8, 4) is 0 Å². The highest BCUT2D eigenvalue weighted by Crippen LogP contribution is 2.47. The Kier molecular flexibility index (Phi) is 7.81. The van der Waals surface area contributed by atoms with Gasteiger partial charge in [0.1, 0.15) is 37.6 Å². The molecule has 2 aliphatic heterocycles. The van der Waals surface area contributed by atoms with E-state index in [2.05, 4.69) is 0 Å². The zero-order chi connectivity index (χ0) is 24.7. The zero-order valence-corrected chi connectivity index (χ0v) is 20.7. The maximum atomic E-state index is 11.0. The van der Waals surface area contributed by atoms with Gasteiger partial charge in [-0.25, -0.2) is 0 Å². The summed E-state index contributed by atoms with van der Waals surface area (Å²) in [5, 5.41) is 0. The van der Waals surface area contributed by atoms with E-state index in [1.54, 1.807) is 0 Å². The molecule has 194 valence electrons. The molecule has 8 atom stereocenters. The third-order valence-electron chi connectivity index (χ3n) is 7.14. The predicted molar refractivity (Wildman–Crippen MR) is 121 cm³/mol. The average Bonchev–Trinajstić information content (AvgIpc) is 3.53. The monoisotopic (exact) mass is 484 g/mol. The van der Waals surface area contributed by atoms with Gasteiger partial charge in [-0.05, 0) is 53.4 Å². The number of hydrogen-bond acceptors (Lipinski definition) is 10. The summed E-state index contributed by atoms with van der Waals surface area (Å²) in [4.78, 5) is 21.9. The number of rotatable bonds is 6. The maximum absolute atomic E-state index is 11.0. The van der Waals surface area contributed by atoms with Crippen LogP contribution in [-0.2, 0) is 38.0 Å². The van der Waals surface area contributed by atoms with E-state index < -0.39 is 11.6 Å². The summed E-state index contributed by atoms with van der Waals surface area (Å²) in [7, 11) is 0. The standard InChI is InChI=1S/C13H21NO4.C11H19NO4/c1-8(15)7-16-10-6-9(14)11-12(10)18-13(17-11)4-2-3-5-13;1-6(13)5-14-8-4-7(12)9-10(8)16-11(2,3)15-9/h9-12H,2-7,14H2,1H3;7-10H,4-5,12H2,1-3H3/t9-,10+,11+,12-;7-,8+,9+,10-/m11/s1. The number of fused-ring (bicyclic) bond motifs is 2. The highest BCUT2D eigenvalue weighted by Gasteiger charge is 2.57. The van der Waals surface area contributed by atoms with Gasteiger partial charge in [-0.1, -0.05) is 0 Å². The minimum atomic E-state index is -0.606. The van der Waals surface area contributed by atoms with Crippen molar-refractivity contribution in [1.82, 2.24) is 0 Å². The molecule has 10 nitrogen and oxygen atoms in total. The molecular weight excluding hydrogens is 444 g/mol. The number of carbonyl (C=O) groups excluding carboxylic acids is 2. The second-order valence-electron chi connectivity index (χ2n) is 10.7. The Labute approximate surface area is 201 Å². The molecule has 4 N–H and O–H groups in total. The van der Waals surface area contributed by atoms with Crippen molar-refractivity contribution < 1.29 is 38.0 Å². The third-order valence-corrected chi connectivity index (χ3v) is 7.14. The molecule has 5 aliphatic rings. The van der Waals surface area contributed by atoms with Crippen LogP contribution in [-0.4, -0.2) is 85.1 Å². The van der Waals surface area contributed by atoms with Crippen LogP contribution in [0.4, 0.5) is 0 Å². The minimum Gasteiger partial charge on any atom is -0.368 e. The van der Waals surface area contributed by atoms with Crippen LogP contribution in [0.1, 0.15) is 66.2 Å². The van der Waals surface area contributed by atoms with Crippen molar-refractivity contribution in [3.05, 3.63) is 0 Å². The molecule has 0 aromatic carbocycles. The van der Waals surface area contributed by atoms with E-state index in [1.165, 1.54) is 13.8 Å². The van der Waals surface area contributed by atoms with Crippen LogP contribution in [0.2, 0.25) is 0 Å². The van der Waals surface area contributed by atoms with Crippen LogP contribution in [0, 0.1) is 0 Å². The molecule has 2 heterocycles. The molecule has 3 saturated carbocycles. The highest BCUT2D eigenvalue weighted by atomic mass is 16.8. The third kappa shape index (κ3) is 5.70. The Morgan fingerprint density at radius 1 is 0.765 bits per heavy atom. The molecular formula is C24H40N2O8. The lowest BCUT2D eigenvalue weighted by molar-refractivity contribution is -0.187. The molecule has 0 radical (unpaired) electrons. The van der Waals surface area contributed by atoms with Crippen molar-refractivity contribution in [2.45, 2.75) is 127 Å². The normalized spacial score (nSPS) is 41.2. The molecule has 0 aromatic rings. The van der Waals surface area contributed by atoms with Gasteiger partial charge in [0.05, 0.1) is 12.2 Å². The van der Waals surface area contributed by atoms with E-state index in [9.17, 15) is 9.59 Å². The van der Waals surface area contributed by atoms with E-state index in [4.69, 9.17) is 39.9 Å². The first-order valence-corrected chi connectivity index (χ1v) is 12.4. The molecule has 34 heavy (non-hydrogen) atoms. The van der Waals surface area contributed by atoms with Gasteiger partial charge in [-0.15, -0.1) is 0 Å². The van der Waals surface area contributed by atoms with E-state index in [1.807, 2.05) is 13.8 Å². The number of hydrogen-bond donors (Lipinski definition) is 2. The molecule has 5 rings (SSSR count). The fourth-order valence-corrected chi connectivity index (χ4v) is 5.71. The van der Waals surface area contributed by atoms with Crippen LogP contribution in [0.3, 0.4) is 0 Å². The Morgan fingerprint density at radius 3 is 1.68 bits per heavy atom. The molecule has 3 aliphatic carbocycles. The molecule has 0 unspecified atom stereocenters. The zero-order valence-electron chi connectivity index (χ0n) is 20.7. The maximum Gasteiger partial charge on any atom is 0.169 e. The summed E-state index contributed by atoms with van der Waals surface area (Å²) >= 11 is 0. The van der Waals surface area contributed by atoms with Crippen LogP contribution in [0.5, 0.6) is 0 Å². The molecule has 10 heteroatoms.